The molecule has 0 unspecified atom stereocenters. The normalized spacial score (nSPS) is 12.3. The van der Waals surface area contributed by atoms with Gasteiger partial charge in [-0.2, -0.15) is 0 Å². The minimum Gasteiger partial charge on any atom is -0.460 e. The predicted octanol–water partition coefficient (Wildman–Crippen LogP) is 5.07. The fraction of sp³-hybridized carbons (Fsp3) is 0.474. The van der Waals surface area contributed by atoms with Gasteiger partial charge >= 0.3 is 12.1 Å². The molecule has 0 atom stereocenters. The average Bonchev–Trinajstić information content (AvgIpc) is 2.73. The fourth-order valence-electron chi connectivity index (χ4n) is 2.43. The van der Waals surface area contributed by atoms with E-state index in [2.05, 4.69) is 15.9 Å². The van der Waals surface area contributed by atoms with Gasteiger partial charge in [0, 0.05) is 15.6 Å². The van der Waals surface area contributed by atoms with E-state index in [9.17, 15) is 9.59 Å². The van der Waals surface area contributed by atoms with E-state index >= 15 is 0 Å². The zero-order valence-corrected chi connectivity index (χ0v) is 17.1. The number of fused-ring (bicyclic) bond motifs is 1. The van der Waals surface area contributed by atoms with E-state index in [0.717, 1.165) is 9.86 Å². The van der Waals surface area contributed by atoms with Gasteiger partial charge < -0.3 is 9.47 Å². The minimum absolute atomic E-state index is 0.0162. The fourth-order valence-corrected chi connectivity index (χ4v) is 2.90. The van der Waals surface area contributed by atoms with Crippen molar-refractivity contribution in [3.8, 4) is 0 Å². The van der Waals surface area contributed by atoms with Crippen molar-refractivity contribution in [1.29, 1.82) is 0 Å². The van der Waals surface area contributed by atoms with Gasteiger partial charge in [-0.15, -0.1) is 0 Å². The highest BCUT2D eigenvalue weighted by Crippen LogP contribution is 2.29. The summed E-state index contributed by atoms with van der Waals surface area (Å²) in [6.45, 7) is 10.8. The maximum atomic E-state index is 12.7. The molecule has 0 fully saturated rings. The lowest BCUT2D eigenvalue weighted by atomic mass is 10.2. The summed E-state index contributed by atoms with van der Waals surface area (Å²) in [6.07, 6.45) is -0.531. The summed E-state index contributed by atoms with van der Waals surface area (Å²) in [7, 11) is 0. The summed E-state index contributed by atoms with van der Waals surface area (Å²) in [5.74, 6) is -0.392. The first-order valence-corrected chi connectivity index (χ1v) is 8.91. The standard InChI is InChI=1S/C19H24BrNO4/c1-18(2,3)24-16(22)11-12-10-13-14(20)8-7-9-15(13)21(12)17(23)25-19(4,5)6/h7-10H,11H2,1-6H3. The molecule has 25 heavy (non-hydrogen) atoms. The third-order valence-electron chi connectivity index (χ3n) is 3.19. The van der Waals surface area contributed by atoms with Crippen LogP contribution >= 0.6 is 15.9 Å². The second kappa shape index (κ2) is 6.83. The summed E-state index contributed by atoms with van der Waals surface area (Å²) in [5.41, 5.74) is -0.00358. The summed E-state index contributed by atoms with van der Waals surface area (Å²) >= 11 is 3.49. The Morgan fingerprint density at radius 1 is 1.04 bits per heavy atom. The number of esters is 1. The first kappa shape index (κ1) is 19.5. The highest BCUT2D eigenvalue weighted by atomic mass is 79.9. The van der Waals surface area contributed by atoms with Crippen molar-refractivity contribution in [2.45, 2.75) is 59.2 Å². The van der Waals surface area contributed by atoms with Crippen LogP contribution in [-0.2, 0) is 20.7 Å². The molecule has 0 saturated heterocycles. The van der Waals surface area contributed by atoms with E-state index < -0.39 is 23.3 Å². The van der Waals surface area contributed by atoms with Crippen LogP contribution in [0.2, 0.25) is 0 Å². The molecule has 0 amide bonds. The molecule has 0 saturated carbocycles. The first-order valence-electron chi connectivity index (χ1n) is 8.11. The van der Waals surface area contributed by atoms with Crippen LogP contribution in [-0.4, -0.2) is 27.8 Å². The quantitative estimate of drug-likeness (QED) is 0.649. The van der Waals surface area contributed by atoms with Gasteiger partial charge in [-0.25, -0.2) is 9.36 Å². The number of rotatable bonds is 2. The lowest BCUT2D eigenvalue weighted by Gasteiger charge is -2.22. The number of carbonyl (C=O) groups excluding carboxylic acids is 2. The second-order valence-electron chi connectivity index (χ2n) is 7.89. The van der Waals surface area contributed by atoms with Crippen molar-refractivity contribution in [3.05, 3.63) is 34.4 Å². The number of aromatic nitrogens is 1. The van der Waals surface area contributed by atoms with Gasteiger partial charge in [0.1, 0.15) is 11.2 Å². The molecule has 5 nitrogen and oxygen atoms in total. The third-order valence-corrected chi connectivity index (χ3v) is 3.88. The maximum absolute atomic E-state index is 12.7. The Hall–Kier alpha value is -1.82. The molecular formula is C19H24BrNO4. The SMILES string of the molecule is CC(C)(C)OC(=O)Cc1cc2c(Br)cccc2n1C(=O)OC(C)(C)C. The summed E-state index contributed by atoms with van der Waals surface area (Å²) in [4.78, 5) is 25.0. The van der Waals surface area contributed by atoms with Gasteiger partial charge in [0.15, 0.2) is 0 Å². The Bertz CT molecular complexity index is 809. The molecule has 0 spiro atoms. The molecule has 1 aromatic carbocycles. The zero-order valence-electron chi connectivity index (χ0n) is 15.5. The highest BCUT2D eigenvalue weighted by molar-refractivity contribution is 9.10. The van der Waals surface area contributed by atoms with Crippen LogP contribution in [0.1, 0.15) is 47.2 Å². The molecule has 2 aromatic rings. The molecule has 0 aliphatic heterocycles. The third kappa shape index (κ3) is 5.08. The number of hydrogen-bond acceptors (Lipinski definition) is 4. The molecule has 6 heteroatoms. The van der Waals surface area contributed by atoms with Crippen molar-refractivity contribution >= 4 is 38.9 Å². The zero-order chi connectivity index (χ0) is 19.0. The van der Waals surface area contributed by atoms with E-state index in [1.54, 1.807) is 20.8 Å². The van der Waals surface area contributed by atoms with Gasteiger partial charge in [-0.05, 0) is 59.7 Å². The van der Waals surface area contributed by atoms with Crippen LogP contribution in [0.5, 0.6) is 0 Å². The molecule has 1 aromatic heterocycles. The molecular weight excluding hydrogens is 386 g/mol. The minimum atomic E-state index is -0.636. The molecule has 0 aliphatic carbocycles. The van der Waals surface area contributed by atoms with Gasteiger partial charge in [0.05, 0.1) is 11.9 Å². The van der Waals surface area contributed by atoms with Crippen LogP contribution in [0.15, 0.2) is 28.7 Å². The van der Waals surface area contributed by atoms with Crippen LogP contribution in [0.25, 0.3) is 10.9 Å². The lowest BCUT2D eigenvalue weighted by Crippen LogP contribution is -2.29. The number of hydrogen-bond donors (Lipinski definition) is 0. The van der Waals surface area contributed by atoms with Crippen LogP contribution in [0, 0.1) is 0 Å². The topological polar surface area (TPSA) is 57.5 Å². The second-order valence-corrected chi connectivity index (χ2v) is 8.74. The largest absolute Gasteiger partial charge is 0.460 e. The number of ether oxygens (including phenoxy) is 2. The van der Waals surface area contributed by atoms with Gasteiger partial charge in [-0.1, -0.05) is 22.0 Å². The van der Waals surface area contributed by atoms with Crippen molar-refractivity contribution in [2.24, 2.45) is 0 Å². The molecule has 136 valence electrons. The van der Waals surface area contributed by atoms with Gasteiger partial charge in [0.25, 0.3) is 0 Å². The number of carbonyl (C=O) groups is 2. The lowest BCUT2D eigenvalue weighted by molar-refractivity contribution is -0.154. The van der Waals surface area contributed by atoms with E-state index in [0.29, 0.717) is 11.2 Å². The van der Waals surface area contributed by atoms with Gasteiger partial charge in [-0.3, -0.25) is 4.79 Å². The summed E-state index contributed by atoms with van der Waals surface area (Å²) < 4.78 is 13.2. The molecule has 0 aliphatic rings. The van der Waals surface area contributed by atoms with E-state index in [1.807, 2.05) is 45.0 Å². The molecule has 1 heterocycles. The number of halogens is 1. The molecule has 0 N–H and O–H groups in total. The summed E-state index contributed by atoms with van der Waals surface area (Å²) in [5, 5.41) is 0.840. The highest BCUT2D eigenvalue weighted by Gasteiger charge is 2.25. The van der Waals surface area contributed by atoms with E-state index in [4.69, 9.17) is 9.47 Å². The maximum Gasteiger partial charge on any atom is 0.419 e. The van der Waals surface area contributed by atoms with Crippen molar-refractivity contribution in [3.63, 3.8) is 0 Å². The Morgan fingerprint density at radius 2 is 1.64 bits per heavy atom. The Morgan fingerprint density at radius 3 is 2.20 bits per heavy atom. The first-order chi connectivity index (χ1) is 11.4. The number of benzene rings is 1. The number of nitrogens with zero attached hydrogens (tertiary/aromatic N) is 1. The molecule has 2 rings (SSSR count). The van der Waals surface area contributed by atoms with Crippen LogP contribution in [0.3, 0.4) is 0 Å². The monoisotopic (exact) mass is 409 g/mol. The van der Waals surface area contributed by atoms with Crippen LogP contribution < -0.4 is 0 Å². The van der Waals surface area contributed by atoms with E-state index in [1.165, 1.54) is 4.57 Å². The van der Waals surface area contributed by atoms with E-state index in [-0.39, 0.29) is 6.42 Å². The van der Waals surface area contributed by atoms with Crippen molar-refractivity contribution in [1.82, 2.24) is 4.57 Å². The van der Waals surface area contributed by atoms with Crippen molar-refractivity contribution in [2.75, 3.05) is 0 Å². The van der Waals surface area contributed by atoms with Crippen LogP contribution in [0.4, 0.5) is 4.79 Å². The smallest absolute Gasteiger partial charge is 0.419 e. The Kier molecular flexibility index (Phi) is 5.33. The Labute approximate surface area is 156 Å². The summed E-state index contributed by atoms with van der Waals surface area (Å²) in [6, 6.07) is 7.36. The van der Waals surface area contributed by atoms with Gasteiger partial charge in [0.2, 0.25) is 0 Å². The Balaban J connectivity index is 2.48. The van der Waals surface area contributed by atoms with Crippen molar-refractivity contribution < 1.29 is 19.1 Å². The average molecular weight is 410 g/mol. The molecule has 0 radical (unpaired) electrons. The molecule has 0 bridgehead atoms. The predicted molar refractivity (Wildman–Crippen MR) is 101 cm³/mol.